The number of aliphatic hydroxyl groups is 1. The molecular weight excluding hydrogens is 494 g/mol. The van der Waals surface area contributed by atoms with Gasteiger partial charge in [0.1, 0.15) is 0 Å². The van der Waals surface area contributed by atoms with Crippen LogP contribution in [0.3, 0.4) is 0 Å². The molecule has 3 aromatic carbocycles. The highest BCUT2D eigenvalue weighted by molar-refractivity contribution is 7.92. The van der Waals surface area contributed by atoms with Crippen LogP contribution >= 0.6 is 0 Å². The van der Waals surface area contributed by atoms with Crippen LogP contribution in [0.15, 0.2) is 77.7 Å². The van der Waals surface area contributed by atoms with Crippen molar-refractivity contribution in [2.24, 2.45) is 5.92 Å². The van der Waals surface area contributed by atoms with E-state index in [0.29, 0.717) is 17.7 Å². The third-order valence-corrected chi connectivity index (χ3v) is 7.85. The Balaban J connectivity index is 1.46. The van der Waals surface area contributed by atoms with Gasteiger partial charge in [-0.15, -0.1) is 0 Å². The van der Waals surface area contributed by atoms with Crippen molar-refractivity contribution in [1.82, 2.24) is 10.8 Å². The van der Waals surface area contributed by atoms with Gasteiger partial charge in [-0.3, -0.25) is 19.5 Å². The predicted octanol–water partition coefficient (Wildman–Crippen LogP) is 2.62. The standard InChI is InChI=1S/C27H29N3O6S/c1-17-6-12-22(13-7-17)37(35,36)30-21-10-8-18(9-11-21)14-20(16-25(32)29-34)27(33)28-26-23-5-3-2-4-19(23)15-24(26)31/h2-13,20,24,26,30-31,34H,14-16H2,1H3,(H,28,33)(H,29,32). The van der Waals surface area contributed by atoms with Gasteiger partial charge in [0, 0.05) is 18.5 Å². The second-order valence-corrected chi connectivity index (χ2v) is 10.9. The zero-order valence-corrected chi connectivity index (χ0v) is 21.0. The number of carbonyl (C=O) groups excluding carboxylic acids is 2. The monoisotopic (exact) mass is 523 g/mol. The lowest BCUT2D eigenvalue weighted by molar-refractivity contribution is -0.135. The summed E-state index contributed by atoms with van der Waals surface area (Å²) in [6.07, 6.45) is -0.471. The molecule has 0 radical (unpaired) electrons. The molecule has 194 valence electrons. The first kappa shape index (κ1) is 26.3. The molecule has 0 saturated heterocycles. The number of rotatable bonds is 9. The summed E-state index contributed by atoms with van der Waals surface area (Å²) < 4.78 is 27.8. The smallest absolute Gasteiger partial charge is 0.261 e. The van der Waals surface area contributed by atoms with Gasteiger partial charge in [0.25, 0.3) is 10.0 Å². The van der Waals surface area contributed by atoms with Crippen LogP contribution in [-0.4, -0.2) is 36.6 Å². The van der Waals surface area contributed by atoms with E-state index in [4.69, 9.17) is 5.21 Å². The van der Waals surface area contributed by atoms with Gasteiger partial charge < -0.3 is 10.4 Å². The molecule has 0 aromatic heterocycles. The van der Waals surface area contributed by atoms with Gasteiger partial charge in [0.05, 0.1) is 23.0 Å². The Morgan fingerprint density at radius 2 is 1.68 bits per heavy atom. The van der Waals surface area contributed by atoms with E-state index < -0.39 is 39.9 Å². The largest absolute Gasteiger partial charge is 0.390 e. The van der Waals surface area contributed by atoms with Crippen molar-refractivity contribution in [1.29, 1.82) is 0 Å². The van der Waals surface area contributed by atoms with Crippen molar-refractivity contribution in [3.05, 3.63) is 95.1 Å². The molecule has 4 rings (SSSR count). The van der Waals surface area contributed by atoms with Crippen LogP contribution in [-0.2, 0) is 32.5 Å². The van der Waals surface area contributed by atoms with Gasteiger partial charge in [0.15, 0.2) is 0 Å². The average molecular weight is 524 g/mol. The van der Waals surface area contributed by atoms with Crippen LogP contribution < -0.4 is 15.5 Å². The molecule has 3 unspecified atom stereocenters. The molecule has 2 amide bonds. The van der Waals surface area contributed by atoms with Gasteiger partial charge in [0.2, 0.25) is 11.8 Å². The highest BCUT2D eigenvalue weighted by Gasteiger charge is 2.34. The minimum Gasteiger partial charge on any atom is -0.390 e. The molecule has 9 nitrogen and oxygen atoms in total. The number of nitrogens with one attached hydrogen (secondary N) is 3. The molecule has 0 heterocycles. The first-order valence-corrected chi connectivity index (χ1v) is 13.3. The maximum atomic E-state index is 13.2. The maximum absolute atomic E-state index is 13.2. The van der Waals surface area contributed by atoms with E-state index in [1.54, 1.807) is 41.9 Å². The van der Waals surface area contributed by atoms with Gasteiger partial charge in [-0.25, -0.2) is 13.9 Å². The minimum absolute atomic E-state index is 0.143. The zero-order valence-electron chi connectivity index (χ0n) is 20.2. The summed E-state index contributed by atoms with van der Waals surface area (Å²) in [7, 11) is -3.76. The molecule has 0 saturated carbocycles. The lowest BCUT2D eigenvalue weighted by atomic mass is 9.94. The number of hydrogen-bond acceptors (Lipinski definition) is 6. The van der Waals surface area contributed by atoms with Crippen molar-refractivity contribution in [3.8, 4) is 0 Å². The van der Waals surface area contributed by atoms with E-state index in [0.717, 1.165) is 16.7 Å². The van der Waals surface area contributed by atoms with Crippen LogP contribution in [0.4, 0.5) is 5.69 Å². The summed E-state index contributed by atoms with van der Waals surface area (Å²) in [4.78, 5) is 25.2. The van der Waals surface area contributed by atoms with E-state index >= 15 is 0 Å². The van der Waals surface area contributed by atoms with Crippen molar-refractivity contribution in [3.63, 3.8) is 0 Å². The number of hydrogen-bond donors (Lipinski definition) is 5. The number of benzene rings is 3. The van der Waals surface area contributed by atoms with Crippen LogP contribution in [0.1, 0.15) is 34.7 Å². The second kappa shape index (κ2) is 11.1. The molecule has 3 aromatic rings. The molecule has 1 aliphatic rings. The molecule has 3 atom stereocenters. The Kier molecular flexibility index (Phi) is 7.91. The maximum Gasteiger partial charge on any atom is 0.261 e. The first-order valence-electron chi connectivity index (χ1n) is 11.8. The Labute approximate surface area is 215 Å². The molecule has 5 N–H and O–H groups in total. The molecule has 1 aliphatic carbocycles. The average Bonchev–Trinajstić information content (AvgIpc) is 3.19. The van der Waals surface area contributed by atoms with Gasteiger partial charge in [-0.2, -0.15) is 0 Å². The van der Waals surface area contributed by atoms with Gasteiger partial charge in [-0.1, -0.05) is 54.1 Å². The Morgan fingerprint density at radius 1 is 1.00 bits per heavy atom. The second-order valence-electron chi connectivity index (χ2n) is 9.21. The van der Waals surface area contributed by atoms with Gasteiger partial charge >= 0.3 is 0 Å². The van der Waals surface area contributed by atoms with Crippen molar-refractivity contribution >= 4 is 27.5 Å². The van der Waals surface area contributed by atoms with Crippen LogP contribution in [0.5, 0.6) is 0 Å². The van der Waals surface area contributed by atoms with E-state index in [2.05, 4.69) is 10.0 Å². The first-order chi connectivity index (χ1) is 17.7. The fourth-order valence-corrected chi connectivity index (χ4v) is 5.53. The number of aliphatic hydroxyl groups excluding tert-OH is 1. The summed E-state index contributed by atoms with van der Waals surface area (Å²) in [5, 5.41) is 22.4. The summed E-state index contributed by atoms with van der Waals surface area (Å²) in [6.45, 7) is 1.87. The number of hydroxylamine groups is 1. The topological polar surface area (TPSA) is 145 Å². The predicted molar refractivity (Wildman–Crippen MR) is 137 cm³/mol. The number of amides is 2. The highest BCUT2D eigenvalue weighted by Crippen LogP contribution is 2.32. The Bertz CT molecular complexity index is 1370. The van der Waals surface area contributed by atoms with Crippen LogP contribution in [0.25, 0.3) is 0 Å². The lowest BCUT2D eigenvalue weighted by Crippen LogP contribution is -2.40. The number of anilines is 1. The Hall–Kier alpha value is -3.73. The molecule has 0 aliphatic heterocycles. The molecular formula is C27H29N3O6S. The third kappa shape index (κ3) is 6.34. The van der Waals surface area contributed by atoms with E-state index in [1.807, 2.05) is 31.2 Å². The van der Waals surface area contributed by atoms with Crippen molar-refractivity contribution in [2.45, 2.75) is 43.2 Å². The number of fused-ring (bicyclic) bond motifs is 1. The minimum atomic E-state index is -3.76. The molecule has 37 heavy (non-hydrogen) atoms. The summed E-state index contributed by atoms with van der Waals surface area (Å²) in [6, 6.07) is 19.9. The van der Waals surface area contributed by atoms with Crippen LogP contribution in [0.2, 0.25) is 0 Å². The molecule has 0 fully saturated rings. The highest BCUT2D eigenvalue weighted by atomic mass is 32.2. The molecule has 0 spiro atoms. The SMILES string of the molecule is Cc1ccc(S(=O)(=O)Nc2ccc(CC(CC(=O)NO)C(=O)NC3c4ccccc4CC3O)cc2)cc1. The van der Waals surface area contributed by atoms with E-state index in [-0.39, 0.29) is 17.7 Å². The molecule has 10 heteroatoms. The van der Waals surface area contributed by atoms with Gasteiger partial charge in [-0.05, 0) is 54.3 Å². The fourth-order valence-electron chi connectivity index (χ4n) is 4.47. The third-order valence-electron chi connectivity index (χ3n) is 6.45. The lowest BCUT2D eigenvalue weighted by Gasteiger charge is -2.22. The van der Waals surface area contributed by atoms with E-state index in [9.17, 15) is 23.1 Å². The Morgan fingerprint density at radius 3 is 2.35 bits per heavy atom. The summed E-state index contributed by atoms with van der Waals surface area (Å²) in [5.41, 5.74) is 5.34. The quantitative estimate of drug-likeness (QED) is 0.215. The number of aryl methyl sites for hydroxylation is 1. The summed E-state index contributed by atoms with van der Waals surface area (Å²) >= 11 is 0. The number of sulfonamides is 1. The zero-order chi connectivity index (χ0) is 26.6. The van der Waals surface area contributed by atoms with Crippen LogP contribution in [0, 0.1) is 12.8 Å². The summed E-state index contributed by atoms with van der Waals surface area (Å²) in [5.74, 6) is -1.98. The number of carbonyl (C=O) groups is 2. The van der Waals surface area contributed by atoms with E-state index in [1.165, 1.54) is 12.1 Å². The van der Waals surface area contributed by atoms with Crippen molar-refractivity contribution in [2.75, 3.05) is 4.72 Å². The normalized spacial score (nSPS) is 17.5. The fraction of sp³-hybridized carbons (Fsp3) is 0.259. The molecule has 0 bridgehead atoms. The van der Waals surface area contributed by atoms with Crippen molar-refractivity contribution < 1.29 is 28.3 Å².